The number of amides is 2. The third-order valence-electron chi connectivity index (χ3n) is 3.98. The van der Waals surface area contributed by atoms with Gasteiger partial charge in [0.15, 0.2) is 0 Å². The van der Waals surface area contributed by atoms with Crippen molar-refractivity contribution >= 4 is 34.8 Å². The third kappa shape index (κ3) is 2.14. The number of phenolic OH excluding ortho intramolecular Hbond substituents is 1. The number of nitro benzene ring substituents is 1. The Morgan fingerprint density at radius 1 is 1.27 bits per heavy atom. The number of rotatable bonds is 2. The summed E-state index contributed by atoms with van der Waals surface area (Å²) in [6.45, 7) is 0. The topological polar surface area (TPSA) is 101 Å². The van der Waals surface area contributed by atoms with Crippen LogP contribution in [0, 0.1) is 22.0 Å². The quantitative estimate of drug-likeness (QED) is 0.511. The molecular weight excluding hydrogens is 312 g/mol. The molecule has 1 saturated heterocycles. The predicted octanol–water partition coefficient (Wildman–Crippen LogP) is 2.32. The maximum Gasteiger partial charge on any atom is 0.273 e. The summed E-state index contributed by atoms with van der Waals surface area (Å²) in [7, 11) is 0. The molecule has 114 valence electrons. The molecule has 0 bridgehead atoms. The summed E-state index contributed by atoms with van der Waals surface area (Å²) in [4.78, 5) is 35.8. The summed E-state index contributed by atoms with van der Waals surface area (Å²) in [5.41, 5.74) is -0.353. The lowest BCUT2D eigenvalue weighted by atomic mass is 9.85. The number of nitrogens with zero attached hydrogens (tertiary/aromatic N) is 2. The molecule has 2 aliphatic rings. The number of imide groups is 1. The lowest BCUT2D eigenvalue weighted by Crippen LogP contribution is -2.30. The number of fused-ring (bicyclic) bond motifs is 1. The van der Waals surface area contributed by atoms with Crippen LogP contribution in [0.1, 0.15) is 12.8 Å². The molecule has 2 atom stereocenters. The Balaban J connectivity index is 1.98. The number of aromatic hydroxyl groups is 1. The van der Waals surface area contributed by atoms with E-state index >= 15 is 0 Å². The van der Waals surface area contributed by atoms with Gasteiger partial charge in [-0.15, -0.1) is 0 Å². The first-order chi connectivity index (χ1) is 10.4. The molecule has 1 aliphatic heterocycles. The van der Waals surface area contributed by atoms with E-state index in [0.717, 1.165) is 17.0 Å². The van der Waals surface area contributed by atoms with Crippen molar-refractivity contribution in [1.82, 2.24) is 0 Å². The minimum atomic E-state index is -0.666. The maximum atomic E-state index is 12.4. The molecule has 1 aliphatic carbocycles. The molecule has 1 heterocycles. The fourth-order valence-electron chi connectivity index (χ4n) is 2.88. The number of hydrogen-bond acceptors (Lipinski definition) is 5. The number of anilines is 1. The van der Waals surface area contributed by atoms with Gasteiger partial charge in [0, 0.05) is 11.1 Å². The van der Waals surface area contributed by atoms with Crippen molar-refractivity contribution in [3.05, 3.63) is 39.4 Å². The Morgan fingerprint density at radius 3 is 2.59 bits per heavy atom. The molecule has 2 amide bonds. The highest BCUT2D eigenvalue weighted by molar-refractivity contribution is 6.30. The summed E-state index contributed by atoms with van der Waals surface area (Å²) in [5.74, 6) is -2.37. The smallest absolute Gasteiger partial charge is 0.273 e. The van der Waals surface area contributed by atoms with Gasteiger partial charge in [-0.1, -0.05) is 17.7 Å². The van der Waals surface area contributed by atoms with Crippen LogP contribution in [0.4, 0.5) is 11.4 Å². The van der Waals surface area contributed by atoms with E-state index in [4.69, 9.17) is 11.6 Å². The predicted molar refractivity (Wildman–Crippen MR) is 77.4 cm³/mol. The second-order valence-electron chi connectivity index (χ2n) is 5.25. The van der Waals surface area contributed by atoms with E-state index in [-0.39, 0.29) is 11.4 Å². The Bertz CT molecular complexity index is 730. The molecule has 0 radical (unpaired) electrons. The van der Waals surface area contributed by atoms with Gasteiger partial charge >= 0.3 is 0 Å². The first-order valence-electron chi connectivity index (χ1n) is 6.60. The zero-order valence-electron chi connectivity index (χ0n) is 11.2. The van der Waals surface area contributed by atoms with E-state index in [1.165, 1.54) is 6.07 Å². The Hall–Kier alpha value is -2.41. The molecule has 0 saturated carbocycles. The van der Waals surface area contributed by atoms with Gasteiger partial charge in [-0.3, -0.25) is 19.7 Å². The minimum absolute atomic E-state index is 0.0360. The first kappa shape index (κ1) is 14.5. The Morgan fingerprint density at radius 2 is 1.95 bits per heavy atom. The second-order valence-corrected chi connectivity index (χ2v) is 5.73. The van der Waals surface area contributed by atoms with Crippen molar-refractivity contribution in [2.24, 2.45) is 11.8 Å². The van der Waals surface area contributed by atoms with E-state index in [1.807, 2.05) is 0 Å². The van der Waals surface area contributed by atoms with Gasteiger partial charge < -0.3 is 5.11 Å². The number of halogens is 1. The van der Waals surface area contributed by atoms with Gasteiger partial charge in [-0.25, -0.2) is 4.90 Å². The first-order valence-corrected chi connectivity index (χ1v) is 6.97. The van der Waals surface area contributed by atoms with E-state index in [1.54, 1.807) is 6.08 Å². The molecule has 3 rings (SSSR count). The van der Waals surface area contributed by atoms with E-state index < -0.39 is 34.3 Å². The van der Waals surface area contributed by atoms with Crippen LogP contribution in [-0.2, 0) is 9.59 Å². The number of allylic oxidation sites excluding steroid dienone is 2. The average molecular weight is 323 g/mol. The monoisotopic (exact) mass is 322 g/mol. The number of non-ortho nitro benzene ring substituents is 1. The highest BCUT2D eigenvalue weighted by Crippen LogP contribution is 2.43. The van der Waals surface area contributed by atoms with Crippen LogP contribution in [0.3, 0.4) is 0 Å². The lowest BCUT2D eigenvalue weighted by Gasteiger charge is -2.17. The minimum Gasteiger partial charge on any atom is -0.505 e. The molecule has 8 heteroatoms. The summed E-state index contributed by atoms with van der Waals surface area (Å²) < 4.78 is 0. The molecule has 7 nitrogen and oxygen atoms in total. The van der Waals surface area contributed by atoms with Crippen molar-refractivity contribution in [2.75, 3.05) is 4.90 Å². The lowest BCUT2D eigenvalue weighted by molar-refractivity contribution is -0.384. The van der Waals surface area contributed by atoms with Gasteiger partial charge in [0.1, 0.15) is 5.75 Å². The normalized spacial score (nSPS) is 24.2. The van der Waals surface area contributed by atoms with Gasteiger partial charge in [0.05, 0.1) is 28.5 Å². The summed E-state index contributed by atoms with van der Waals surface area (Å²) in [5, 5.41) is 21.2. The summed E-state index contributed by atoms with van der Waals surface area (Å²) >= 11 is 5.93. The maximum absolute atomic E-state index is 12.4. The zero-order valence-corrected chi connectivity index (χ0v) is 12.0. The van der Waals surface area contributed by atoms with Crippen LogP contribution in [0.2, 0.25) is 0 Å². The molecule has 1 aromatic rings. The van der Waals surface area contributed by atoms with Crippen LogP contribution in [-0.4, -0.2) is 21.8 Å². The number of carbonyl (C=O) groups excluding carboxylic acids is 2. The molecule has 0 unspecified atom stereocenters. The van der Waals surface area contributed by atoms with Crippen molar-refractivity contribution in [1.29, 1.82) is 0 Å². The van der Waals surface area contributed by atoms with Gasteiger partial charge in [0.2, 0.25) is 11.8 Å². The highest BCUT2D eigenvalue weighted by atomic mass is 35.5. The van der Waals surface area contributed by atoms with Gasteiger partial charge in [0.25, 0.3) is 5.69 Å². The van der Waals surface area contributed by atoms with Crippen LogP contribution >= 0.6 is 11.6 Å². The number of benzene rings is 1. The largest absolute Gasteiger partial charge is 0.505 e. The Kier molecular flexibility index (Phi) is 3.37. The zero-order chi connectivity index (χ0) is 16.0. The molecule has 1 fully saturated rings. The molecule has 22 heavy (non-hydrogen) atoms. The van der Waals surface area contributed by atoms with Crippen LogP contribution in [0.5, 0.6) is 5.75 Å². The number of carbonyl (C=O) groups is 2. The molecule has 1 N–H and O–H groups in total. The molecular formula is C14H11ClN2O5. The van der Waals surface area contributed by atoms with Crippen LogP contribution in [0.25, 0.3) is 0 Å². The van der Waals surface area contributed by atoms with E-state index in [9.17, 15) is 24.8 Å². The van der Waals surface area contributed by atoms with Crippen molar-refractivity contribution in [3.63, 3.8) is 0 Å². The number of hydrogen-bond donors (Lipinski definition) is 1. The fourth-order valence-corrected chi connectivity index (χ4v) is 3.13. The average Bonchev–Trinajstić information content (AvgIpc) is 2.71. The number of phenols is 1. The molecule has 0 aromatic heterocycles. The van der Waals surface area contributed by atoms with Gasteiger partial charge in [-0.05, 0) is 18.9 Å². The van der Waals surface area contributed by atoms with E-state index in [2.05, 4.69) is 0 Å². The molecule has 0 spiro atoms. The van der Waals surface area contributed by atoms with Crippen LogP contribution in [0.15, 0.2) is 29.3 Å². The standard InChI is InChI=1S/C14H11ClN2O5/c15-7-1-3-9-10(5-7)14(20)16(13(9)19)11-4-2-8(17(21)22)6-12(11)18/h1-2,4,6,9-10,18H,3,5H2/t9-,10-/m0/s1. The SMILES string of the molecule is O=C1[C@H]2CC=C(Cl)C[C@@H]2C(=O)N1c1ccc([N+](=O)[O-])cc1O. The number of nitro groups is 1. The highest BCUT2D eigenvalue weighted by Gasteiger charge is 2.49. The third-order valence-corrected chi connectivity index (χ3v) is 4.29. The fraction of sp³-hybridized carbons (Fsp3) is 0.286. The summed E-state index contributed by atoms with van der Waals surface area (Å²) in [6, 6.07) is 3.27. The van der Waals surface area contributed by atoms with Gasteiger partial charge in [-0.2, -0.15) is 0 Å². The van der Waals surface area contributed by atoms with E-state index in [0.29, 0.717) is 17.9 Å². The van der Waals surface area contributed by atoms with Crippen molar-refractivity contribution < 1.29 is 19.6 Å². The second kappa shape index (κ2) is 5.10. The Labute approximate surface area is 129 Å². The van der Waals surface area contributed by atoms with Crippen molar-refractivity contribution in [2.45, 2.75) is 12.8 Å². The van der Waals surface area contributed by atoms with Crippen molar-refractivity contribution in [3.8, 4) is 5.75 Å². The molecule has 1 aromatic carbocycles. The van der Waals surface area contributed by atoms with Crippen LogP contribution < -0.4 is 4.90 Å². The summed E-state index contributed by atoms with van der Waals surface area (Å²) in [6.07, 6.45) is 2.38.